The van der Waals surface area contributed by atoms with Gasteiger partial charge in [-0.25, -0.2) is 0 Å². The summed E-state index contributed by atoms with van der Waals surface area (Å²) in [5, 5.41) is 4.50. The number of nitrogens with zero attached hydrogens (tertiary/aromatic N) is 1. The van der Waals surface area contributed by atoms with E-state index in [9.17, 15) is 0 Å². The molecule has 1 fully saturated rings. The molecule has 2 rings (SSSR count). The number of hydrogen-bond acceptors (Lipinski definition) is 2. The fraction of sp³-hybridized carbons (Fsp3) is 0.538. The Kier molecular flexibility index (Phi) is 5.61. The third-order valence-corrected chi connectivity index (χ3v) is 4.97. The molecule has 18 heavy (non-hydrogen) atoms. The van der Waals surface area contributed by atoms with Gasteiger partial charge in [0.15, 0.2) is 0 Å². The van der Waals surface area contributed by atoms with Gasteiger partial charge in [-0.1, -0.05) is 23.2 Å². The van der Waals surface area contributed by atoms with Crippen molar-refractivity contribution < 1.29 is 0 Å². The Balaban J connectivity index is 1.77. The Bertz CT molecular complexity index is 406. The molecule has 5 heteroatoms. The van der Waals surface area contributed by atoms with Crippen LogP contribution in [-0.4, -0.2) is 31.1 Å². The first-order valence-electron chi connectivity index (χ1n) is 6.28. The van der Waals surface area contributed by atoms with Crippen molar-refractivity contribution in [1.82, 2.24) is 4.90 Å². The van der Waals surface area contributed by atoms with Crippen LogP contribution in [0.3, 0.4) is 0 Å². The van der Waals surface area contributed by atoms with E-state index in [0.717, 1.165) is 29.7 Å². The van der Waals surface area contributed by atoms with Crippen molar-refractivity contribution in [2.24, 2.45) is 0 Å². The number of rotatable bonds is 5. The molecule has 0 saturated carbocycles. The highest BCUT2D eigenvalue weighted by molar-refractivity contribution is 9.10. The van der Waals surface area contributed by atoms with Crippen molar-refractivity contribution in [1.29, 1.82) is 0 Å². The molecule has 0 atom stereocenters. The van der Waals surface area contributed by atoms with Crippen LogP contribution in [0.5, 0.6) is 0 Å². The monoisotopic (exact) mass is 350 g/mol. The molecule has 0 aromatic heterocycles. The maximum absolute atomic E-state index is 6.17. The minimum atomic E-state index is 0.571. The molecule has 0 aliphatic carbocycles. The standard InChI is InChI=1S/C13H17BrCl2N2/c14-10-4-5-11(13(16)12(10)15)17-6-3-9-18-7-1-2-8-18/h4-5,17H,1-3,6-9H2. The highest BCUT2D eigenvalue weighted by Gasteiger charge is 2.11. The van der Waals surface area contributed by atoms with E-state index >= 15 is 0 Å². The molecule has 2 nitrogen and oxygen atoms in total. The Hall–Kier alpha value is 0.0400. The first-order chi connectivity index (χ1) is 8.68. The van der Waals surface area contributed by atoms with Crippen molar-refractivity contribution in [3.8, 4) is 0 Å². The maximum atomic E-state index is 6.17. The topological polar surface area (TPSA) is 15.3 Å². The average Bonchev–Trinajstić information content (AvgIpc) is 2.87. The van der Waals surface area contributed by atoms with Gasteiger partial charge in [0.05, 0.1) is 15.7 Å². The summed E-state index contributed by atoms with van der Waals surface area (Å²) in [6.07, 6.45) is 3.83. The van der Waals surface area contributed by atoms with Gasteiger partial charge in [0, 0.05) is 11.0 Å². The summed E-state index contributed by atoms with van der Waals surface area (Å²) in [5.74, 6) is 0. The Morgan fingerprint density at radius 3 is 2.61 bits per heavy atom. The molecule has 1 aliphatic rings. The van der Waals surface area contributed by atoms with Gasteiger partial charge in [0.2, 0.25) is 0 Å². The number of hydrogen-bond donors (Lipinski definition) is 1. The molecule has 1 aromatic carbocycles. The zero-order valence-electron chi connectivity index (χ0n) is 10.2. The van der Waals surface area contributed by atoms with Gasteiger partial charge >= 0.3 is 0 Å². The molecule has 0 amide bonds. The molecule has 1 N–H and O–H groups in total. The molecule has 0 bridgehead atoms. The van der Waals surface area contributed by atoms with E-state index < -0.39 is 0 Å². The van der Waals surface area contributed by atoms with Crippen molar-refractivity contribution >= 4 is 44.8 Å². The summed E-state index contributed by atoms with van der Waals surface area (Å²) in [4.78, 5) is 2.51. The summed E-state index contributed by atoms with van der Waals surface area (Å²) < 4.78 is 0.830. The van der Waals surface area contributed by atoms with Crippen LogP contribution in [-0.2, 0) is 0 Å². The van der Waals surface area contributed by atoms with Crippen LogP contribution in [0.4, 0.5) is 5.69 Å². The molecule has 1 aromatic rings. The lowest BCUT2D eigenvalue weighted by molar-refractivity contribution is 0.337. The first kappa shape index (κ1) is 14.4. The molecule has 0 radical (unpaired) electrons. The maximum Gasteiger partial charge on any atom is 0.0835 e. The zero-order chi connectivity index (χ0) is 13.0. The Morgan fingerprint density at radius 1 is 1.17 bits per heavy atom. The zero-order valence-corrected chi connectivity index (χ0v) is 13.3. The lowest BCUT2D eigenvalue weighted by Gasteiger charge is -2.15. The van der Waals surface area contributed by atoms with E-state index in [1.807, 2.05) is 12.1 Å². The largest absolute Gasteiger partial charge is 0.384 e. The normalized spacial score (nSPS) is 16.2. The number of benzene rings is 1. The van der Waals surface area contributed by atoms with Gasteiger partial charge in [0.25, 0.3) is 0 Å². The molecule has 1 heterocycles. The van der Waals surface area contributed by atoms with Gasteiger partial charge in [-0.05, 0) is 67.0 Å². The average molecular weight is 352 g/mol. The third-order valence-electron chi connectivity index (χ3n) is 3.20. The predicted molar refractivity (Wildman–Crippen MR) is 82.9 cm³/mol. The highest BCUT2D eigenvalue weighted by atomic mass is 79.9. The fourth-order valence-corrected chi connectivity index (χ4v) is 3.04. The Labute approximate surface area is 127 Å². The van der Waals surface area contributed by atoms with Crippen molar-refractivity contribution in [3.05, 3.63) is 26.7 Å². The van der Waals surface area contributed by atoms with E-state index in [4.69, 9.17) is 23.2 Å². The summed E-state index contributed by atoms with van der Waals surface area (Å²) in [7, 11) is 0. The molecular formula is C13H17BrCl2N2. The smallest absolute Gasteiger partial charge is 0.0835 e. The first-order valence-corrected chi connectivity index (χ1v) is 7.83. The van der Waals surface area contributed by atoms with Gasteiger partial charge in [-0.15, -0.1) is 0 Å². The number of nitrogens with one attached hydrogen (secondary N) is 1. The van der Waals surface area contributed by atoms with E-state index in [1.165, 1.54) is 25.9 Å². The predicted octanol–water partition coefficient (Wildman–Crippen LogP) is 4.65. The van der Waals surface area contributed by atoms with E-state index in [1.54, 1.807) is 0 Å². The minimum absolute atomic E-state index is 0.571. The summed E-state index contributed by atoms with van der Waals surface area (Å²) in [5.41, 5.74) is 0.909. The van der Waals surface area contributed by atoms with Crippen molar-refractivity contribution in [2.45, 2.75) is 19.3 Å². The lowest BCUT2D eigenvalue weighted by atomic mass is 10.3. The fourth-order valence-electron chi connectivity index (χ4n) is 2.19. The summed E-state index contributed by atoms with van der Waals surface area (Å²) in [6, 6.07) is 3.87. The summed E-state index contributed by atoms with van der Waals surface area (Å²) >= 11 is 15.6. The lowest BCUT2D eigenvalue weighted by Crippen LogP contribution is -2.22. The minimum Gasteiger partial charge on any atom is -0.384 e. The number of anilines is 1. The van der Waals surface area contributed by atoms with Crippen LogP contribution in [0.15, 0.2) is 16.6 Å². The van der Waals surface area contributed by atoms with Gasteiger partial charge < -0.3 is 10.2 Å². The molecule has 0 unspecified atom stereocenters. The van der Waals surface area contributed by atoms with Crippen LogP contribution < -0.4 is 5.32 Å². The quantitative estimate of drug-likeness (QED) is 0.613. The second-order valence-electron chi connectivity index (χ2n) is 4.55. The van der Waals surface area contributed by atoms with Gasteiger partial charge in [-0.2, -0.15) is 0 Å². The second kappa shape index (κ2) is 6.99. The third kappa shape index (κ3) is 3.77. The number of likely N-dealkylation sites (tertiary alicyclic amines) is 1. The van der Waals surface area contributed by atoms with Crippen molar-refractivity contribution in [2.75, 3.05) is 31.5 Å². The van der Waals surface area contributed by atoms with Crippen LogP contribution in [0.25, 0.3) is 0 Å². The van der Waals surface area contributed by atoms with Crippen LogP contribution in [0.1, 0.15) is 19.3 Å². The highest BCUT2D eigenvalue weighted by Crippen LogP contribution is 2.35. The molecule has 1 saturated heterocycles. The summed E-state index contributed by atoms with van der Waals surface area (Å²) in [6.45, 7) is 4.60. The molecule has 0 spiro atoms. The van der Waals surface area contributed by atoms with Crippen LogP contribution in [0.2, 0.25) is 10.0 Å². The van der Waals surface area contributed by atoms with Gasteiger partial charge in [0.1, 0.15) is 0 Å². The SMILES string of the molecule is Clc1c(Br)ccc(NCCCN2CCCC2)c1Cl. The molecular weight excluding hydrogens is 335 g/mol. The molecule has 1 aliphatic heterocycles. The Morgan fingerprint density at radius 2 is 1.89 bits per heavy atom. The van der Waals surface area contributed by atoms with Gasteiger partial charge in [-0.3, -0.25) is 0 Å². The molecule has 100 valence electrons. The van der Waals surface area contributed by atoms with Crippen molar-refractivity contribution in [3.63, 3.8) is 0 Å². The second-order valence-corrected chi connectivity index (χ2v) is 6.16. The van der Waals surface area contributed by atoms with E-state index in [0.29, 0.717) is 10.0 Å². The van der Waals surface area contributed by atoms with Crippen LogP contribution in [0, 0.1) is 0 Å². The number of halogens is 3. The van der Waals surface area contributed by atoms with E-state index in [-0.39, 0.29) is 0 Å². The van der Waals surface area contributed by atoms with Crippen LogP contribution >= 0.6 is 39.1 Å². The van der Waals surface area contributed by atoms with E-state index in [2.05, 4.69) is 26.1 Å².